The van der Waals surface area contributed by atoms with E-state index < -0.39 is 10.6 Å². The van der Waals surface area contributed by atoms with Crippen molar-refractivity contribution in [1.82, 2.24) is 9.97 Å². The number of aryl methyl sites for hydroxylation is 1. The predicted octanol–water partition coefficient (Wildman–Crippen LogP) is 4.25. The van der Waals surface area contributed by atoms with Gasteiger partial charge >= 0.3 is 11.6 Å². The number of aromatic nitrogens is 2. The minimum absolute atomic E-state index is 0.0196. The molecule has 1 N–H and O–H groups in total. The van der Waals surface area contributed by atoms with Crippen molar-refractivity contribution in [2.45, 2.75) is 6.92 Å². The molecule has 1 aromatic heterocycles. The van der Waals surface area contributed by atoms with E-state index in [1.54, 1.807) is 36.4 Å². The van der Waals surface area contributed by atoms with Gasteiger partial charge in [-0.1, -0.05) is 18.2 Å². The lowest BCUT2D eigenvalue weighted by atomic mass is 10.2. The maximum atomic E-state index is 11.7. The van der Waals surface area contributed by atoms with Gasteiger partial charge in [0.2, 0.25) is 5.82 Å². The lowest BCUT2D eigenvalue weighted by Gasteiger charge is -2.13. The highest BCUT2D eigenvalue weighted by molar-refractivity contribution is 5.72. The molecule has 1 heterocycles. The summed E-state index contributed by atoms with van der Waals surface area (Å²) in [7, 11) is 2.99. The van der Waals surface area contributed by atoms with E-state index >= 15 is 0 Å². The lowest BCUT2D eigenvalue weighted by Crippen LogP contribution is -2.05. The van der Waals surface area contributed by atoms with Crippen LogP contribution in [0.1, 0.15) is 5.56 Å². The van der Waals surface area contributed by atoms with Crippen LogP contribution in [0.3, 0.4) is 0 Å². The van der Waals surface area contributed by atoms with E-state index in [9.17, 15) is 10.1 Å². The summed E-state index contributed by atoms with van der Waals surface area (Å²) in [6.45, 7) is 1.90. The predicted molar refractivity (Wildman–Crippen MR) is 103 cm³/mol. The van der Waals surface area contributed by atoms with E-state index in [4.69, 9.17) is 14.2 Å². The summed E-state index contributed by atoms with van der Waals surface area (Å²) in [6, 6.07) is 12.2. The summed E-state index contributed by atoms with van der Waals surface area (Å²) in [5.74, 6) is 1.01. The molecule has 0 atom stereocenters. The largest absolute Gasteiger partial charge is 0.495 e. The molecule has 2 aromatic carbocycles. The van der Waals surface area contributed by atoms with E-state index in [1.807, 2.05) is 13.0 Å². The van der Waals surface area contributed by atoms with Crippen LogP contribution in [-0.2, 0) is 0 Å². The second-order valence-corrected chi connectivity index (χ2v) is 5.71. The second-order valence-electron chi connectivity index (χ2n) is 5.71. The van der Waals surface area contributed by atoms with Gasteiger partial charge in [-0.3, -0.25) is 10.1 Å². The Morgan fingerprint density at radius 3 is 2.39 bits per heavy atom. The molecule has 0 aliphatic heterocycles. The molecule has 9 nitrogen and oxygen atoms in total. The average Bonchev–Trinajstić information content (AvgIpc) is 2.68. The van der Waals surface area contributed by atoms with Crippen molar-refractivity contribution in [1.29, 1.82) is 0 Å². The quantitative estimate of drug-likeness (QED) is 0.477. The maximum Gasteiger partial charge on any atom is 0.373 e. The van der Waals surface area contributed by atoms with Crippen LogP contribution in [-0.4, -0.2) is 29.1 Å². The third kappa shape index (κ3) is 3.93. The minimum Gasteiger partial charge on any atom is -0.495 e. The summed E-state index contributed by atoms with van der Waals surface area (Å²) in [5.41, 5.74) is 1.08. The Labute approximate surface area is 161 Å². The number of rotatable bonds is 7. The van der Waals surface area contributed by atoms with Crippen LogP contribution in [0.15, 0.2) is 48.8 Å². The number of ether oxygens (including phenoxy) is 3. The highest BCUT2D eigenvalue weighted by atomic mass is 16.6. The Morgan fingerprint density at radius 1 is 1.00 bits per heavy atom. The van der Waals surface area contributed by atoms with Gasteiger partial charge in [0.1, 0.15) is 12.1 Å². The smallest absolute Gasteiger partial charge is 0.373 e. The molecule has 0 saturated heterocycles. The molecule has 0 spiro atoms. The van der Waals surface area contributed by atoms with Crippen LogP contribution < -0.4 is 19.5 Å². The Bertz CT molecular complexity index is 1010. The van der Waals surface area contributed by atoms with E-state index in [0.717, 1.165) is 5.56 Å². The molecule has 3 aromatic rings. The first-order valence-corrected chi connectivity index (χ1v) is 8.25. The van der Waals surface area contributed by atoms with Gasteiger partial charge in [0.25, 0.3) is 0 Å². The van der Waals surface area contributed by atoms with Crippen molar-refractivity contribution in [3.8, 4) is 23.1 Å². The van der Waals surface area contributed by atoms with Crippen molar-refractivity contribution < 1.29 is 19.1 Å². The van der Waals surface area contributed by atoms with E-state index in [-0.39, 0.29) is 11.7 Å². The van der Waals surface area contributed by atoms with Gasteiger partial charge in [0.05, 0.1) is 24.8 Å². The number of nitrogens with zero attached hydrogens (tertiary/aromatic N) is 3. The van der Waals surface area contributed by atoms with Crippen LogP contribution >= 0.6 is 0 Å². The van der Waals surface area contributed by atoms with Crippen LogP contribution in [0.5, 0.6) is 23.1 Å². The Kier molecular flexibility index (Phi) is 5.54. The molecule has 0 amide bonds. The van der Waals surface area contributed by atoms with Gasteiger partial charge in [0.15, 0.2) is 11.5 Å². The monoisotopic (exact) mass is 382 g/mol. The zero-order valence-electron chi connectivity index (χ0n) is 15.5. The van der Waals surface area contributed by atoms with Crippen molar-refractivity contribution in [3.05, 3.63) is 64.5 Å². The van der Waals surface area contributed by atoms with E-state index in [0.29, 0.717) is 22.9 Å². The number of para-hydroxylation sites is 2. The molecule has 0 fully saturated rings. The van der Waals surface area contributed by atoms with Crippen molar-refractivity contribution in [2.75, 3.05) is 19.5 Å². The average molecular weight is 382 g/mol. The molecule has 0 unspecified atom stereocenters. The zero-order chi connectivity index (χ0) is 20.1. The van der Waals surface area contributed by atoms with E-state index in [1.165, 1.54) is 20.5 Å². The van der Waals surface area contributed by atoms with Gasteiger partial charge in [-0.05, 0) is 36.8 Å². The molecule has 9 heteroatoms. The van der Waals surface area contributed by atoms with Gasteiger partial charge < -0.3 is 19.5 Å². The fraction of sp³-hybridized carbons (Fsp3) is 0.158. The molecular formula is C19H18N4O5. The molecule has 0 aliphatic rings. The summed E-state index contributed by atoms with van der Waals surface area (Å²) < 4.78 is 16.2. The SMILES string of the molecule is COc1ccc(C)cc1Nc1ncnc(Oc2ccccc2OC)c1[N+](=O)[O-]. The summed E-state index contributed by atoms with van der Waals surface area (Å²) in [4.78, 5) is 19.1. The maximum absolute atomic E-state index is 11.7. The number of hydrogen-bond donors (Lipinski definition) is 1. The Morgan fingerprint density at radius 2 is 1.71 bits per heavy atom. The van der Waals surface area contributed by atoms with Crippen LogP contribution in [0.25, 0.3) is 0 Å². The first-order valence-electron chi connectivity index (χ1n) is 8.25. The normalized spacial score (nSPS) is 10.2. The third-order valence-corrected chi connectivity index (χ3v) is 3.86. The summed E-state index contributed by atoms with van der Waals surface area (Å²) >= 11 is 0. The van der Waals surface area contributed by atoms with Gasteiger partial charge in [0, 0.05) is 0 Å². The summed E-state index contributed by atoms with van der Waals surface area (Å²) in [5, 5.41) is 14.7. The molecule has 144 valence electrons. The number of nitro groups is 1. The molecule has 0 bridgehead atoms. The second kappa shape index (κ2) is 8.21. The van der Waals surface area contributed by atoms with Crippen molar-refractivity contribution >= 4 is 17.2 Å². The number of anilines is 2. The molecule has 28 heavy (non-hydrogen) atoms. The van der Waals surface area contributed by atoms with Crippen LogP contribution in [0.4, 0.5) is 17.2 Å². The summed E-state index contributed by atoms with van der Waals surface area (Å²) in [6.07, 6.45) is 1.18. The minimum atomic E-state index is -0.602. The first kappa shape index (κ1) is 18.9. The van der Waals surface area contributed by atoms with Crippen molar-refractivity contribution in [3.63, 3.8) is 0 Å². The van der Waals surface area contributed by atoms with Crippen LogP contribution in [0, 0.1) is 17.0 Å². The highest BCUT2D eigenvalue weighted by Crippen LogP contribution is 2.39. The molecule has 0 saturated carbocycles. The number of hydrogen-bond acceptors (Lipinski definition) is 8. The Balaban J connectivity index is 2.03. The topological polar surface area (TPSA) is 109 Å². The number of methoxy groups -OCH3 is 2. The van der Waals surface area contributed by atoms with Gasteiger partial charge in [-0.25, -0.2) is 4.98 Å². The third-order valence-electron chi connectivity index (χ3n) is 3.86. The first-order chi connectivity index (χ1) is 13.5. The van der Waals surface area contributed by atoms with Crippen molar-refractivity contribution in [2.24, 2.45) is 0 Å². The number of nitrogens with one attached hydrogen (secondary N) is 1. The Hall–Kier alpha value is -3.88. The fourth-order valence-electron chi connectivity index (χ4n) is 2.55. The highest BCUT2D eigenvalue weighted by Gasteiger charge is 2.26. The van der Waals surface area contributed by atoms with E-state index in [2.05, 4.69) is 15.3 Å². The van der Waals surface area contributed by atoms with Gasteiger partial charge in [-0.15, -0.1) is 0 Å². The number of benzene rings is 2. The zero-order valence-corrected chi connectivity index (χ0v) is 15.5. The molecular weight excluding hydrogens is 364 g/mol. The lowest BCUT2D eigenvalue weighted by molar-refractivity contribution is -0.385. The molecule has 0 aliphatic carbocycles. The molecule has 3 rings (SSSR count). The fourth-order valence-corrected chi connectivity index (χ4v) is 2.55. The van der Waals surface area contributed by atoms with Gasteiger partial charge in [-0.2, -0.15) is 4.98 Å². The standard InChI is InChI=1S/C19H18N4O5/c1-12-8-9-14(26-2)13(10-12)22-18-17(23(24)25)19(21-11-20-18)28-16-7-5-4-6-15(16)27-3/h4-11H,1-3H3,(H,20,21,22). The van der Waals surface area contributed by atoms with Crippen LogP contribution in [0.2, 0.25) is 0 Å². The molecule has 0 radical (unpaired) electrons.